The van der Waals surface area contributed by atoms with E-state index in [1.54, 1.807) is 35.7 Å². The van der Waals surface area contributed by atoms with Gasteiger partial charge in [0.15, 0.2) is 0 Å². The molecule has 0 saturated carbocycles. The summed E-state index contributed by atoms with van der Waals surface area (Å²) in [5.74, 6) is 0.695. The zero-order chi connectivity index (χ0) is 22.2. The maximum absolute atomic E-state index is 13.3. The summed E-state index contributed by atoms with van der Waals surface area (Å²) in [5.41, 5.74) is 0.544. The van der Waals surface area contributed by atoms with Crippen molar-refractivity contribution < 1.29 is 13.7 Å². The minimum atomic E-state index is -0.535. The second kappa shape index (κ2) is 7.89. The molecule has 0 aliphatic rings. The van der Waals surface area contributed by atoms with Crippen LogP contribution < -0.4 is 16.0 Å². The molecule has 3 aromatic heterocycles. The van der Waals surface area contributed by atoms with E-state index in [4.69, 9.17) is 9.26 Å². The van der Waals surface area contributed by atoms with E-state index in [9.17, 15) is 14.0 Å². The number of nitrogens with zero attached hydrogens (tertiary/aromatic N) is 4. The van der Waals surface area contributed by atoms with Crippen molar-refractivity contribution >= 4 is 21.6 Å². The van der Waals surface area contributed by atoms with Crippen LogP contribution in [0.2, 0.25) is 0 Å². The lowest BCUT2D eigenvalue weighted by Gasteiger charge is -2.11. The summed E-state index contributed by atoms with van der Waals surface area (Å²) < 4.78 is 26.6. The third kappa shape index (κ3) is 3.40. The van der Waals surface area contributed by atoms with E-state index in [0.717, 1.165) is 4.57 Å². The molecule has 0 amide bonds. The highest BCUT2D eigenvalue weighted by molar-refractivity contribution is 7.17. The van der Waals surface area contributed by atoms with Gasteiger partial charge >= 0.3 is 5.69 Å². The van der Waals surface area contributed by atoms with E-state index in [0.29, 0.717) is 27.2 Å². The minimum absolute atomic E-state index is 0.0311. The first kappa shape index (κ1) is 19.9. The highest BCUT2D eigenvalue weighted by Gasteiger charge is 2.18. The molecule has 0 N–H and O–H groups in total. The van der Waals surface area contributed by atoms with Gasteiger partial charge in [0.2, 0.25) is 11.7 Å². The largest absolute Gasteiger partial charge is 0.497 e. The number of hydrogen-bond donors (Lipinski definition) is 0. The summed E-state index contributed by atoms with van der Waals surface area (Å²) in [6.07, 6.45) is 0. The monoisotopic (exact) mass is 450 g/mol. The lowest BCUT2D eigenvalue weighted by Crippen LogP contribution is -2.38. The van der Waals surface area contributed by atoms with Gasteiger partial charge in [0.05, 0.1) is 18.3 Å². The van der Waals surface area contributed by atoms with Gasteiger partial charge in [-0.25, -0.2) is 13.8 Å². The molecule has 2 aromatic carbocycles. The third-order valence-corrected chi connectivity index (χ3v) is 5.84. The molecule has 5 rings (SSSR count). The van der Waals surface area contributed by atoms with Crippen LogP contribution >= 0.6 is 11.3 Å². The fourth-order valence-electron chi connectivity index (χ4n) is 3.37. The predicted octanol–water partition coefficient (Wildman–Crippen LogP) is 3.46. The van der Waals surface area contributed by atoms with Crippen LogP contribution in [0.1, 0.15) is 5.89 Å². The molecule has 0 saturated heterocycles. The van der Waals surface area contributed by atoms with E-state index < -0.39 is 11.2 Å². The van der Waals surface area contributed by atoms with Gasteiger partial charge in [-0.2, -0.15) is 4.98 Å². The quantitative estimate of drug-likeness (QED) is 0.407. The van der Waals surface area contributed by atoms with Crippen LogP contribution in [0.25, 0.3) is 27.3 Å². The SMILES string of the molecule is COc1ccc(-n2c(=O)c3sccc3n(Cc3nc(-c4ccc(F)cc4)no3)c2=O)cc1. The molecule has 0 fully saturated rings. The minimum Gasteiger partial charge on any atom is -0.497 e. The first-order valence-electron chi connectivity index (χ1n) is 9.51. The van der Waals surface area contributed by atoms with Gasteiger partial charge in [-0.15, -0.1) is 11.3 Å². The summed E-state index contributed by atoms with van der Waals surface area (Å²) in [7, 11) is 1.54. The molecule has 0 bridgehead atoms. The Morgan fingerprint density at radius 1 is 1.06 bits per heavy atom. The Bertz CT molecular complexity index is 1530. The average molecular weight is 450 g/mol. The third-order valence-electron chi connectivity index (χ3n) is 4.95. The van der Waals surface area contributed by atoms with E-state index in [1.807, 2.05) is 0 Å². The van der Waals surface area contributed by atoms with Crippen molar-refractivity contribution in [3.8, 4) is 22.8 Å². The number of ether oxygens (including phenoxy) is 1. The number of halogens is 1. The zero-order valence-electron chi connectivity index (χ0n) is 16.7. The van der Waals surface area contributed by atoms with Crippen LogP contribution in [-0.2, 0) is 6.54 Å². The van der Waals surface area contributed by atoms with Crippen LogP contribution in [0.15, 0.2) is 74.1 Å². The molecule has 0 spiro atoms. The molecule has 32 heavy (non-hydrogen) atoms. The lowest BCUT2D eigenvalue weighted by atomic mass is 10.2. The van der Waals surface area contributed by atoms with Crippen LogP contribution in [0.5, 0.6) is 5.75 Å². The van der Waals surface area contributed by atoms with Crippen molar-refractivity contribution in [2.45, 2.75) is 6.54 Å². The molecule has 0 aliphatic heterocycles. The number of hydrogen-bond acceptors (Lipinski definition) is 7. The maximum Gasteiger partial charge on any atom is 0.336 e. The number of rotatable bonds is 5. The van der Waals surface area contributed by atoms with Crippen molar-refractivity contribution in [2.75, 3.05) is 7.11 Å². The van der Waals surface area contributed by atoms with Crippen molar-refractivity contribution in [3.63, 3.8) is 0 Å². The number of thiophene rings is 1. The Morgan fingerprint density at radius 3 is 2.53 bits per heavy atom. The van der Waals surface area contributed by atoms with E-state index in [1.165, 1.54) is 47.3 Å². The van der Waals surface area contributed by atoms with Crippen LogP contribution in [0.4, 0.5) is 4.39 Å². The molecule has 5 aromatic rings. The maximum atomic E-state index is 13.3. The van der Waals surface area contributed by atoms with Crippen LogP contribution in [0.3, 0.4) is 0 Å². The van der Waals surface area contributed by atoms with Gasteiger partial charge in [0.1, 0.15) is 22.8 Å². The van der Waals surface area contributed by atoms with Crippen LogP contribution in [-0.4, -0.2) is 26.4 Å². The van der Waals surface area contributed by atoms with Crippen molar-refractivity contribution in [1.29, 1.82) is 0 Å². The predicted molar refractivity (Wildman–Crippen MR) is 117 cm³/mol. The molecule has 0 unspecified atom stereocenters. The second-order valence-corrected chi connectivity index (χ2v) is 7.78. The summed E-state index contributed by atoms with van der Waals surface area (Å²) in [4.78, 5) is 30.7. The van der Waals surface area contributed by atoms with Crippen LogP contribution in [0, 0.1) is 5.82 Å². The number of aromatic nitrogens is 4. The normalized spacial score (nSPS) is 11.2. The van der Waals surface area contributed by atoms with Crippen molar-refractivity contribution in [3.05, 3.63) is 92.5 Å². The molecule has 0 radical (unpaired) electrons. The summed E-state index contributed by atoms with van der Waals surface area (Å²) >= 11 is 1.25. The van der Waals surface area contributed by atoms with Crippen molar-refractivity contribution in [2.24, 2.45) is 0 Å². The Morgan fingerprint density at radius 2 is 1.81 bits per heavy atom. The molecule has 8 nitrogen and oxygen atoms in total. The van der Waals surface area contributed by atoms with E-state index >= 15 is 0 Å². The number of fused-ring (bicyclic) bond motifs is 1. The summed E-state index contributed by atoms with van der Waals surface area (Å²) in [5, 5.41) is 5.67. The molecule has 0 atom stereocenters. The van der Waals surface area contributed by atoms with Gasteiger partial charge < -0.3 is 9.26 Å². The van der Waals surface area contributed by atoms with E-state index in [-0.39, 0.29) is 24.1 Å². The number of benzene rings is 2. The fourth-order valence-corrected chi connectivity index (χ4v) is 4.19. The zero-order valence-corrected chi connectivity index (χ0v) is 17.5. The van der Waals surface area contributed by atoms with Gasteiger partial charge in [0, 0.05) is 5.56 Å². The second-order valence-electron chi connectivity index (χ2n) is 6.86. The Labute approximate surface area is 183 Å². The van der Waals surface area contributed by atoms with Gasteiger partial charge in [0.25, 0.3) is 5.56 Å². The molecular formula is C22H15FN4O4S. The fraction of sp³-hybridized carbons (Fsp3) is 0.0909. The molecule has 160 valence electrons. The molecule has 0 aliphatic carbocycles. The Kier molecular flexibility index (Phi) is 4.91. The number of methoxy groups -OCH3 is 1. The average Bonchev–Trinajstić information content (AvgIpc) is 3.48. The Balaban J connectivity index is 1.60. The standard InChI is InChI=1S/C22H15FN4O4S/c1-30-16-8-6-15(7-9-16)27-21(28)19-17(10-11-32-19)26(22(27)29)12-18-24-20(25-31-18)13-2-4-14(23)5-3-13/h2-11H,12H2,1H3. The highest BCUT2D eigenvalue weighted by atomic mass is 32.1. The molecule has 10 heteroatoms. The molecular weight excluding hydrogens is 435 g/mol. The first-order valence-corrected chi connectivity index (χ1v) is 10.4. The topological polar surface area (TPSA) is 92.2 Å². The van der Waals surface area contributed by atoms with Gasteiger partial charge in [-0.05, 0) is 60.0 Å². The Hall–Kier alpha value is -4.05. The molecule has 3 heterocycles. The lowest BCUT2D eigenvalue weighted by molar-refractivity contribution is 0.370. The highest BCUT2D eigenvalue weighted by Crippen LogP contribution is 2.20. The van der Waals surface area contributed by atoms with Gasteiger partial charge in [-0.1, -0.05) is 5.16 Å². The van der Waals surface area contributed by atoms with Gasteiger partial charge in [-0.3, -0.25) is 9.36 Å². The summed E-state index contributed by atoms with van der Waals surface area (Å²) in [6, 6.07) is 14.0. The van der Waals surface area contributed by atoms with E-state index in [2.05, 4.69) is 10.1 Å². The first-order chi connectivity index (χ1) is 15.5. The summed E-state index contributed by atoms with van der Waals surface area (Å²) in [6.45, 7) is -0.0311. The van der Waals surface area contributed by atoms with Crippen molar-refractivity contribution in [1.82, 2.24) is 19.3 Å². The smallest absolute Gasteiger partial charge is 0.336 e.